The number of aryl methyl sites for hydroxylation is 1. The molecule has 0 saturated heterocycles. The standard InChI is InChI=1S/C14H21NO2/c1-3-4-8-17-9-7-15-11-13-10-12(2)5-6-14(13)16/h3,5-6,10,15-16H,1,4,7-9,11H2,2H3. The smallest absolute Gasteiger partial charge is 0.120 e. The number of rotatable bonds is 8. The molecule has 3 heteroatoms. The second kappa shape index (κ2) is 7.87. The van der Waals surface area contributed by atoms with Crippen LogP contribution in [0.5, 0.6) is 5.75 Å². The number of nitrogens with one attached hydrogen (secondary N) is 1. The minimum absolute atomic E-state index is 0.343. The van der Waals surface area contributed by atoms with Crippen molar-refractivity contribution in [3.05, 3.63) is 42.0 Å². The zero-order valence-electron chi connectivity index (χ0n) is 10.4. The van der Waals surface area contributed by atoms with Crippen LogP contribution in [0.3, 0.4) is 0 Å². The molecule has 0 heterocycles. The summed E-state index contributed by atoms with van der Waals surface area (Å²) in [5.74, 6) is 0.343. The molecule has 0 aliphatic carbocycles. The zero-order chi connectivity index (χ0) is 12.5. The van der Waals surface area contributed by atoms with Crippen LogP contribution in [-0.2, 0) is 11.3 Å². The van der Waals surface area contributed by atoms with Crippen molar-refractivity contribution in [2.75, 3.05) is 19.8 Å². The molecule has 1 rings (SSSR count). The largest absolute Gasteiger partial charge is 0.508 e. The Balaban J connectivity index is 2.17. The maximum absolute atomic E-state index is 9.63. The number of phenolic OH excluding ortho intramolecular Hbond substituents is 1. The summed E-state index contributed by atoms with van der Waals surface area (Å²) in [7, 11) is 0. The van der Waals surface area contributed by atoms with E-state index in [9.17, 15) is 5.11 Å². The van der Waals surface area contributed by atoms with Crippen LogP contribution in [0, 0.1) is 6.92 Å². The second-order valence-electron chi connectivity index (χ2n) is 4.00. The van der Waals surface area contributed by atoms with E-state index in [1.54, 1.807) is 6.07 Å². The van der Waals surface area contributed by atoms with Crippen LogP contribution in [0.1, 0.15) is 17.5 Å². The average molecular weight is 235 g/mol. The topological polar surface area (TPSA) is 41.5 Å². The van der Waals surface area contributed by atoms with Gasteiger partial charge in [-0.2, -0.15) is 0 Å². The van der Waals surface area contributed by atoms with E-state index >= 15 is 0 Å². The van der Waals surface area contributed by atoms with Gasteiger partial charge in [0, 0.05) is 18.7 Å². The van der Waals surface area contributed by atoms with Crippen molar-refractivity contribution >= 4 is 0 Å². The Hall–Kier alpha value is -1.32. The van der Waals surface area contributed by atoms with E-state index in [4.69, 9.17) is 4.74 Å². The van der Waals surface area contributed by atoms with Gasteiger partial charge in [0.15, 0.2) is 0 Å². The lowest BCUT2D eigenvalue weighted by atomic mass is 10.1. The first-order valence-corrected chi connectivity index (χ1v) is 5.92. The highest BCUT2D eigenvalue weighted by atomic mass is 16.5. The molecule has 0 atom stereocenters. The van der Waals surface area contributed by atoms with Crippen LogP contribution in [0.15, 0.2) is 30.9 Å². The van der Waals surface area contributed by atoms with Gasteiger partial charge in [0.1, 0.15) is 5.75 Å². The van der Waals surface area contributed by atoms with Crippen molar-refractivity contribution in [1.29, 1.82) is 0 Å². The highest BCUT2D eigenvalue weighted by Crippen LogP contribution is 2.17. The summed E-state index contributed by atoms with van der Waals surface area (Å²) in [6.45, 7) is 8.50. The lowest BCUT2D eigenvalue weighted by Gasteiger charge is -2.08. The quantitative estimate of drug-likeness (QED) is 0.537. The van der Waals surface area contributed by atoms with Gasteiger partial charge in [0.2, 0.25) is 0 Å². The van der Waals surface area contributed by atoms with Gasteiger partial charge in [0.05, 0.1) is 13.2 Å². The summed E-state index contributed by atoms with van der Waals surface area (Å²) in [6, 6.07) is 5.62. The SMILES string of the molecule is C=CCCOCCNCc1cc(C)ccc1O. The summed E-state index contributed by atoms with van der Waals surface area (Å²) in [5.41, 5.74) is 2.08. The van der Waals surface area contributed by atoms with E-state index in [2.05, 4.69) is 11.9 Å². The minimum Gasteiger partial charge on any atom is -0.508 e. The number of hydrogen-bond acceptors (Lipinski definition) is 3. The molecule has 1 aromatic carbocycles. The van der Waals surface area contributed by atoms with E-state index in [0.717, 1.165) is 30.7 Å². The Morgan fingerprint density at radius 2 is 2.24 bits per heavy atom. The summed E-state index contributed by atoms with van der Waals surface area (Å²) in [4.78, 5) is 0. The number of aromatic hydroxyl groups is 1. The third-order valence-electron chi connectivity index (χ3n) is 2.44. The first kappa shape index (κ1) is 13.7. The van der Waals surface area contributed by atoms with Crippen LogP contribution in [0.25, 0.3) is 0 Å². The Bertz CT molecular complexity index is 350. The zero-order valence-corrected chi connectivity index (χ0v) is 10.4. The van der Waals surface area contributed by atoms with Crippen LogP contribution >= 0.6 is 0 Å². The third-order valence-corrected chi connectivity index (χ3v) is 2.44. The Morgan fingerprint density at radius 1 is 1.41 bits per heavy atom. The number of phenols is 1. The number of benzene rings is 1. The van der Waals surface area contributed by atoms with Crippen molar-refractivity contribution in [2.24, 2.45) is 0 Å². The molecule has 0 aliphatic heterocycles. The molecule has 0 unspecified atom stereocenters. The normalized spacial score (nSPS) is 10.4. The first-order chi connectivity index (χ1) is 8.24. The molecule has 2 N–H and O–H groups in total. The predicted molar refractivity (Wildman–Crippen MR) is 70.2 cm³/mol. The number of hydrogen-bond donors (Lipinski definition) is 2. The van der Waals surface area contributed by atoms with Crippen molar-refractivity contribution in [2.45, 2.75) is 19.9 Å². The highest BCUT2D eigenvalue weighted by Gasteiger charge is 2.00. The van der Waals surface area contributed by atoms with Gasteiger partial charge < -0.3 is 15.2 Å². The molecule has 0 aromatic heterocycles. The summed E-state index contributed by atoms with van der Waals surface area (Å²) < 4.78 is 5.37. The predicted octanol–water partition coefficient (Wildman–Crippen LogP) is 2.38. The van der Waals surface area contributed by atoms with Crippen molar-refractivity contribution in [3.8, 4) is 5.75 Å². The maximum Gasteiger partial charge on any atom is 0.120 e. The van der Waals surface area contributed by atoms with E-state index in [1.165, 1.54) is 0 Å². The molecule has 0 radical (unpaired) electrons. The molecule has 1 aromatic rings. The molecule has 17 heavy (non-hydrogen) atoms. The van der Waals surface area contributed by atoms with E-state index in [0.29, 0.717) is 18.9 Å². The van der Waals surface area contributed by atoms with Crippen molar-refractivity contribution < 1.29 is 9.84 Å². The molecular formula is C14H21NO2. The van der Waals surface area contributed by atoms with Crippen LogP contribution in [-0.4, -0.2) is 24.9 Å². The molecule has 3 nitrogen and oxygen atoms in total. The number of ether oxygens (including phenoxy) is 1. The average Bonchev–Trinajstić information content (AvgIpc) is 2.32. The van der Waals surface area contributed by atoms with Gasteiger partial charge in [-0.1, -0.05) is 23.8 Å². The fourth-order valence-electron chi connectivity index (χ4n) is 1.49. The molecule has 0 saturated carbocycles. The van der Waals surface area contributed by atoms with Gasteiger partial charge in [-0.05, 0) is 19.4 Å². The fraction of sp³-hybridized carbons (Fsp3) is 0.429. The molecule has 0 bridgehead atoms. The fourth-order valence-corrected chi connectivity index (χ4v) is 1.49. The highest BCUT2D eigenvalue weighted by molar-refractivity contribution is 5.35. The minimum atomic E-state index is 0.343. The molecule has 0 spiro atoms. The maximum atomic E-state index is 9.63. The lowest BCUT2D eigenvalue weighted by Crippen LogP contribution is -2.19. The van der Waals surface area contributed by atoms with Gasteiger partial charge in [0.25, 0.3) is 0 Å². The third kappa shape index (κ3) is 5.52. The Morgan fingerprint density at radius 3 is 3.00 bits per heavy atom. The van der Waals surface area contributed by atoms with E-state index in [-0.39, 0.29) is 0 Å². The van der Waals surface area contributed by atoms with E-state index < -0.39 is 0 Å². The Labute approximate surface area is 103 Å². The molecule has 0 aliphatic rings. The monoisotopic (exact) mass is 235 g/mol. The van der Waals surface area contributed by atoms with Crippen LogP contribution in [0.2, 0.25) is 0 Å². The molecule has 0 fully saturated rings. The van der Waals surface area contributed by atoms with Crippen molar-refractivity contribution in [1.82, 2.24) is 5.32 Å². The summed E-state index contributed by atoms with van der Waals surface area (Å²) >= 11 is 0. The second-order valence-corrected chi connectivity index (χ2v) is 4.00. The van der Waals surface area contributed by atoms with Gasteiger partial charge in [-0.3, -0.25) is 0 Å². The summed E-state index contributed by atoms with van der Waals surface area (Å²) in [6.07, 6.45) is 2.73. The molecule has 0 amide bonds. The van der Waals surface area contributed by atoms with Gasteiger partial charge in [-0.15, -0.1) is 6.58 Å². The molecule has 94 valence electrons. The van der Waals surface area contributed by atoms with Gasteiger partial charge in [-0.25, -0.2) is 0 Å². The Kier molecular flexibility index (Phi) is 6.37. The first-order valence-electron chi connectivity index (χ1n) is 5.92. The van der Waals surface area contributed by atoms with Crippen molar-refractivity contribution in [3.63, 3.8) is 0 Å². The van der Waals surface area contributed by atoms with Crippen LogP contribution < -0.4 is 5.32 Å². The van der Waals surface area contributed by atoms with E-state index in [1.807, 2.05) is 25.1 Å². The summed E-state index contributed by atoms with van der Waals surface area (Å²) in [5, 5.41) is 12.9. The lowest BCUT2D eigenvalue weighted by molar-refractivity contribution is 0.140. The van der Waals surface area contributed by atoms with Gasteiger partial charge >= 0.3 is 0 Å². The molecular weight excluding hydrogens is 214 g/mol. The van der Waals surface area contributed by atoms with Crippen LogP contribution in [0.4, 0.5) is 0 Å².